The fourth-order valence-corrected chi connectivity index (χ4v) is 7.16. The summed E-state index contributed by atoms with van der Waals surface area (Å²) >= 11 is 12.0. The van der Waals surface area contributed by atoms with Gasteiger partial charge in [-0.2, -0.15) is 0 Å². The molecular formula is C21H19Cl2NO5S. The highest BCUT2D eigenvalue weighted by Crippen LogP contribution is 2.52. The second kappa shape index (κ2) is 7.25. The lowest BCUT2D eigenvalue weighted by atomic mass is 9.85. The van der Waals surface area contributed by atoms with Gasteiger partial charge in [0.05, 0.1) is 17.9 Å². The van der Waals surface area contributed by atoms with Gasteiger partial charge in [0.1, 0.15) is 5.75 Å². The minimum Gasteiger partial charge on any atom is -0.496 e. The molecule has 9 heteroatoms. The highest BCUT2D eigenvalue weighted by atomic mass is 35.5. The average molecular weight is 468 g/mol. The largest absolute Gasteiger partial charge is 0.496 e. The van der Waals surface area contributed by atoms with Crippen molar-refractivity contribution in [2.75, 3.05) is 13.7 Å². The van der Waals surface area contributed by atoms with E-state index in [4.69, 9.17) is 27.9 Å². The third-order valence-electron chi connectivity index (χ3n) is 5.99. The zero-order chi connectivity index (χ0) is 21.8. The zero-order valence-corrected chi connectivity index (χ0v) is 18.6. The Hall–Kier alpha value is -2.09. The van der Waals surface area contributed by atoms with Gasteiger partial charge >= 0.3 is 0 Å². The fourth-order valence-electron chi connectivity index (χ4n) is 4.53. The Morgan fingerprint density at radius 3 is 2.37 bits per heavy atom. The number of rotatable bonds is 5. The van der Waals surface area contributed by atoms with Crippen molar-refractivity contribution in [1.82, 2.24) is 4.90 Å². The molecule has 6 nitrogen and oxygen atoms in total. The molecule has 2 aromatic carbocycles. The number of carbonyl (C=O) groups is 2. The molecule has 2 aromatic rings. The molecule has 4 rings (SSSR count). The number of β-lactam (4-membered cyclic amide) rings is 1. The smallest absolute Gasteiger partial charge is 0.231 e. The molecule has 0 bridgehead atoms. The molecule has 0 radical (unpaired) electrons. The van der Waals surface area contributed by atoms with E-state index >= 15 is 0 Å². The summed E-state index contributed by atoms with van der Waals surface area (Å²) in [7, 11) is -2.65. The minimum absolute atomic E-state index is 0.0322. The Morgan fingerprint density at radius 2 is 1.73 bits per heavy atom. The fraction of sp³-hybridized carbons (Fsp3) is 0.333. The van der Waals surface area contributed by atoms with Gasteiger partial charge in [-0.15, -0.1) is 0 Å². The lowest BCUT2D eigenvalue weighted by molar-refractivity contribution is -0.159. The number of sulfone groups is 1. The molecule has 0 N–H and O–H groups in total. The van der Waals surface area contributed by atoms with E-state index in [2.05, 4.69) is 0 Å². The van der Waals surface area contributed by atoms with Crippen LogP contribution < -0.4 is 4.74 Å². The molecular weight excluding hydrogens is 449 g/mol. The summed E-state index contributed by atoms with van der Waals surface area (Å²) in [5.41, 5.74) is 0.685. The van der Waals surface area contributed by atoms with Gasteiger partial charge in [0, 0.05) is 22.5 Å². The van der Waals surface area contributed by atoms with Gasteiger partial charge in [0.15, 0.2) is 5.78 Å². The first-order valence-electron chi connectivity index (χ1n) is 9.33. The maximum atomic E-state index is 13.6. The Bertz CT molecular complexity index is 1150. The topological polar surface area (TPSA) is 80.8 Å². The van der Waals surface area contributed by atoms with Crippen molar-refractivity contribution in [2.24, 2.45) is 11.8 Å². The number of hydrogen-bond acceptors (Lipinski definition) is 5. The van der Waals surface area contributed by atoms with Crippen LogP contribution in [0.15, 0.2) is 47.4 Å². The van der Waals surface area contributed by atoms with Gasteiger partial charge in [-0.25, -0.2) is 8.42 Å². The molecule has 158 valence electrons. The van der Waals surface area contributed by atoms with E-state index in [-0.39, 0.29) is 23.8 Å². The standard InChI is InChI=1S/C21H19Cl2NO5S/c1-12-20(26)24-11-14(9-13-10-16(23)5-8-18(13)29-2)19(25)21(12,24)30(27,28)17-6-3-15(22)4-7-17/h3-8,10,12,14H,9,11H2,1-2H3/t12-,14+,21?/m0/s1. The van der Waals surface area contributed by atoms with Crippen LogP contribution in [0.25, 0.3) is 0 Å². The molecule has 2 aliphatic rings. The van der Waals surface area contributed by atoms with Crippen molar-refractivity contribution in [3.8, 4) is 5.75 Å². The summed E-state index contributed by atoms with van der Waals surface area (Å²) in [6.07, 6.45) is 0.219. The molecule has 0 saturated carbocycles. The quantitative estimate of drug-likeness (QED) is 0.629. The van der Waals surface area contributed by atoms with E-state index in [1.807, 2.05) is 0 Å². The maximum absolute atomic E-state index is 13.6. The highest BCUT2D eigenvalue weighted by Gasteiger charge is 2.75. The molecule has 2 saturated heterocycles. The van der Waals surface area contributed by atoms with Crippen molar-refractivity contribution >= 4 is 44.7 Å². The number of methoxy groups -OCH3 is 1. The van der Waals surface area contributed by atoms with Gasteiger partial charge < -0.3 is 9.64 Å². The van der Waals surface area contributed by atoms with E-state index < -0.39 is 32.3 Å². The van der Waals surface area contributed by atoms with Crippen LogP contribution in [-0.4, -0.2) is 43.5 Å². The van der Waals surface area contributed by atoms with E-state index in [1.54, 1.807) is 18.2 Å². The predicted octanol–water partition coefficient (Wildman–Crippen LogP) is 3.39. The van der Waals surface area contributed by atoms with Crippen LogP contribution in [-0.2, 0) is 25.8 Å². The number of ketones is 1. The summed E-state index contributed by atoms with van der Waals surface area (Å²) in [4.78, 5) is 25.4. The van der Waals surface area contributed by atoms with Gasteiger partial charge in [0.25, 0.3) is 0 Å². The number of carbonyl (C=O) groups excluding carboxylic acids is 2. The van der Waals surface area contributed by atoms with Crippen LogP contribution >= 0.6 is 23.2 Å². The van der Waals surface area contributed by atoms with Crippen LogP contribution in [0.5, 0.6) is 5.75 Å². The van der Waals surface area contributed by atoms with Crippen molar-refractivity contribution in [3.63, 3.8) is 0 Å². The van der Waals surface area contributed by atoms with Crippen LogP contribution in [0.2, 0.25) is 10.0 Å². The average Bonchev–Trinajstić information content (AvgIpc) is 2.98. The van der Waals surface area contributed by atoms with Gasteiger partial charge in [-0.3, -0.25) is 9.59 Å². The molecule has 2 fully saturated rings. The number of hydrogen-bond donors (Lipinski definition) is 0. The molecule has 3 atom stereocenters. The van der Waals surface area contributed by atoms with Crippen molar-refractivity contribution < 1.29 is 22.7 Å². The molecule has 1 amide bonds. The number of Topliss-reactive ketones (excluding diaryl/α,β-unsaturated/α-hetero) is 1. The lowest BCUT2D eigenvalue weighted by Gasteiger charge is -2.49. The van der Waals surface area contributed by atoms with Crippen molar-refractivity contribution in [1.29, 1.82) is 0 Å². The Balaban J connectivity index is 1.76. The van der Waals surface area contributed by atoms with Gasteiger partial charge in [-0.1, -0.05) is 23.2 Å². The summed E-state index contributed by atoms with van der Waals surface area (Å²) in [6.45, 7) is 1.52. The van der Waals surface area contributed by atoms with Gasteiger partial charge in [-0.05, 0) is 61.4 Å². The van der Waals surface area contributed by atoms with E-state index in [1.165, 1.54) is 43.2 Å². The van der Waals surface area contributed by atoms with Crippen LogP contribution in [0.1, 0.15) is 12.5 Å². The summed E-state index contributed by atoms with van der Waals surface area (Å²) in [5.74, 6) is -1.92. The second-order valence-corrected chi connectivity index (χ2v) is 10.5. The maximum Gasteiger partial charge on any atom is 0.231 e. The first-order valence-corrected chi connectivity index (χ1v) is 11.6. The molecule has 1 unspecified atom stereocenters. The third kappa shape index (κ3) is 2.79. The Morgan fingerprint density at radius 1 is 1.10 bits per heavy atom. The van der Waals surface area contributed by atoms with Crippen molar-refractivity contribution in [2.45, 2.75) is 23.1 Å². The molecule has 0 aliphatic carbocycles. The van der Waals surface area contributed by atoms with E-state index in [9.17, 15) is 18.0 Å². The number of halogens is 2. The number of benzene rings is 2. The Labute approximate surface area is 184 Å². The minimum atomic E-state index is -4.16. The molecule has 0 aromatic heterocycles. The first kappa shape index (κ1) is 21.2. The zero-order valence-electron chi connectivity index (χ0n) is 16.3. The summed E-state index contributed by atoms with van der Waals surface area (Å²) in [6, 6.07) is 10.7. The van der Waals surface area contributed by atoms with Crippen molar-refractivity contribution in [3.05, 3.63) is 58.1 Å². The summed E-state index contributed by atoms with van der Waals surface area (Å²) in [5, 5.41) is 0.859. The van der Waals surface area contributed by atoms with Crippen LogP contribution in [0.3, 0.4) is 0 Å². The number of fused-ring (bicyclic) bond motifs is 1. The number of nitrogens with zero attached hydrogens (tertiary/aromatic N) is 1. The van der Waals surface area contributed by atoms with Crippen LogP contribution in [0.4, 0.5) is 0 Å². The normalized spacial score (nSPS) is 25.8. The van der Waals surface area contributed by atoms with Gasteiger partial charge in [0.2, 0.25) is 20.6 Å². The third-order valence-corrected chi connectivity index (χ3v) is 8.97. The molecule has 30 heavy (non-hydrogen) atoms. The van der Waals surface area contributed by atoms with E-state index in [0.29, 0.717) is 21.4 Å². The number of ether oxygens (including phenoxy) is 1. The molecule has 2 aliphatic heterocycles. The molecule has 2 heterocycles. The number of amides is 1. The predicted molar refractivity (Wildman–Crippen MR) is 112 cm³/mol. The Kier molecular flexibility index (Phi) is 5.11. The van der Waals surface area contributed by atoms with Crippen LogP contribution in [0, 0.1) is 11.8 Å². The molecule has 0 spiro atoms. The first-order chi connectivity index (χ1) is 14.1. The summed E-state index contributed by atoms with van der Waals surface area (Å²) < 4.78 is 32.5. The highest BCUT2D eigenvalue weighted by molar-refractivity contribution is 7.93. The second-order valence-electron chi connectivity index (χ2n) is 7.55. The van der Waals surface area contributed by atoms with E-state index in [0.717, 1.165) is 0 Å². The lowest BCUT2D eigenvalue weighted by Crippen LogP contribution is -2.73. The SMILES string of the molecule is COc1ccc(Cl)cc1C[C@@H]1CN2C(=O)[C@H](C)C2(S(=O)(=O)c2ccc(Cl)cc2)C1=O. The monoisotopic (exact) mass is 467 g/mol.